The Bertz CT molecular complexity index is 640. The van der Waals surface area contributed by atoms with Crippen LogP contribution in [0.3, 0.4) is 0 Å². The van der Waals surface area contributed by atoms with Crippen LogP contribution < -0.4 is 11.1 Å². The van der Waals surface area contributed by atoms with Crippen LogP contribution in [-0.2, 0) is 4.79 Å². The van der Waals surface area contributed by atoms with E-state index >= 15 is 0 Å². The number of amides is 1. The Morgan fingerprint density at radius 2 is 2.14 bits per heavy atom. The summed E-state index contributed by atoms with van der Waals surface area (Å²) in [5.74, 6) is 0.169. The summed E-state index contributed by atoms with van der Waals surface area (Å²) in [5, 5.41) is 6.06. The Hall–Kier alpha value is -1.72. The lowest BCUT2D eigenvalue weighted by Gasteiger charge is -2.15. The van der Waals surface area contributed by atoms with Crippen LogP contribution in [0.1, 0.15) is 37.2 Å². The molecule has 116 valence electrons. The predicted molar refractivity (Wildman–Crippen MR) is 89.4 cm³/mol. The van der Waals surface area contributed by atoms with Gasteiger partial charge in [0.05, 0.1) is 11.7 Å². The van der Waals surface area contributed by atoms with Crippen molar-refractivity contribution in [2.45, 2.75) is 38.3 Å². The minimum Gasteiger partial charge on any atom is -0.347 e. The molecule has 1 fully saturated rings. The molecule has 1 aromatic carbocycles. The van der Waals surface area contributed by atoms with Crippen LogP contribution in [0.15, 0.2) is 35.7 Å². The van der Waals surface area contributed by atoms with Gasteiger partial charge in [-0.1, -0.05) is 30.3 Å². The number of nitrogens with one attached hydrogen (secondary N) is 1. The smallest absolute Gasteiger partial charge is 0.223 e. The van der Waals surface area contributed by atoms with Gasteiger partial charge in [0.1, 0.15) is 5.01 Å². The minimum atomic E-state index is -0.0632. The maximum absolute atomic E-state index is 12.3. The molecule has 0 bridgehead atoms. The van der Waals surface area contributed by atoms with Crippen molar-refractivity contribution in [2.75, 3.05) is 0 Å². The molecule has 3 unspecified atom stereocenters. The summed E-state index contributed by atoms with van der Waals surface area (Å²) in [7, 11) is 0. The van der Waals surface area contributed by atoms with E-state index in [2.05, 4.69) is 10.3 Å². The number of carbonyl (C=O) groups is 1. The summed E-state index contributed by atoms with van der Waals surface area (Å²) in [6.07, 6.45) is 2.64. The van der Waals surface area contributed by atoms with Crippen LogP contribution >= 0.6 is 11.3 Å². The standard InChI is InChI=1S/C17H21N3OS/c1-11(19-16(21)13-7-8-14(18)9-13)17-20-15(10-22-17)12-5-3-2-4-6-12/h2-6,10-11,13-14H,7-9,18H2,1H3,(H,19,21). The van der Waals surface area contributed by atoms with E-state index in [1.54, 1.807) is 11.3 Å². The number of benzene rings is 1. The highest BCUT2D eigenvalue weighted by Gasteiger charge is 2.28. The monoisotopic (exact) mass is 315 g/mol. The second-order valence-electron chi connectivity index (χ2n) is 5.94. The van der Waals surface area contributed by atoms with Crippen molar-refractivity contribution in [3.8, 4) is 11.3 Å². The molecule has 1 amide bonds. The highest BCUT2D eigenvalue weighted by Crippen LogP contribution is 2.27. The fraction of sp³-hybridized carbons (Fsp3) is 0.412. The third-order valence-electron chi connectivity index (χ3n) is 4.16. The second-order valence-corrected chi connectivity index (χ2v) is 6.83. The van der Waals surface area contributed by atoms with Crippen molar-refractivity contribution < 1.29 is 4.79 Å². The van der Waals surface area contributed by atoms with E-state index in [1.165, 1.54) is 0 Å². The van der Waals surface area contributed by atoms with Gasteiger partial charge in [-0.15, -0.1) is 11.3 Å². The summed E-state index contributed by atoms with van der Waals surface area (Å²) >= 11 is 1.59. The Balaban J connectivity index is 1.64. The first kappa shape index (κ1) is 15.2. The number of nitrogens with two attached hydrogens (primary N) is 1. The average Bonchev–Trinajstić information content (AvgIpc) is 3.17. The Labute approximate surface area is 134 Å². The number of hydrogen-bond acceptors (Lipinski definition) is 4. The molecule has 1 aliphatic rings. The van der Waals surface area contributed by atoms with Gasteiger partial charge in [-0.25, -0.2) is 4.98 Å². The number of hydrogen-bond donors (Lipinski definition) is 2. The van der Waals surface area contributed by atoms with E-state index in [1.807, 2.05) is 42.6 Å². The molecule has 5 heteroatoms. The number of aromatic nitrogens is 1. The van der Waals surface area contributed by atoms with Crippen molar-refractivity contribution in [1.29, 1.82) is 0 Å². The molecule has 4 nitrogen and oxygen atoms in total. The first-order chi connectivity index (χ1) is 10.6. The maximum Gasteiger partial charge on any atom is 0.223 e. The lowest BCUT2D eigenvalue weighted by Crippen LogP contribution is -2.32. The molecule has 22 heavy (non-hydrogen) atoms. The van der Waals surface area contributed by atoms with Crippen LogP contribution in [0, 0.1) is 5.92 Å². The van der Waals surface area contributed by atoms with Crippen molar-refractivity contribution >= 4 is 17.2 Å². The zero-order chi connectivity index (χ0) is 15.5. The molecule has 1 aromatic heterocycles. The average molecular weight is 315 g/mol. The highest BCUT2D eigenvalue weighted by atomic mass is 32.1. The highest BCUT2D eigenvalue weighted by molar-refractivity contribution is 7.10. The van der Waals surface area contributed by atoms with Gasteiger partial charge in [-0.2, -0.15) is 0 Å². The molecular formula is C17H21N3OS. The van der Waals surface area contributed by atoms with Gasteiger partial charge >= 0.3 is 0 Å². The molecule has 0 saturated heterocycles. The zero-order valence-electron chi connectivity index (χ0n) is 12.7. The van der Waals surface area contributed by atoms with E-state index < -0.39 is 0 Å². The molecule has 1 saturated carbocycles. The third-order valence-corrected chi connectivity index (χ3v) is 5.19. The normalized spacial score (nSPS) is 22.5. The molecule has 1 heterocycles. The Morgan fingerprint density at radius 3 is 2.82 bits per heavy atom. The molecule has 2 aromatic rings. The van der Waals surface area contributed by atoms with Gasteiger partial charge in [-0.05, 0) is 26.2 Å². The third kappa shape index (κ3) is 3.36. The quantitative estimate of drug-likeness (QED) is 0.911. The maximum atomic E-state index is 12.3. The van der Waals surface area contributed by atoms with Gasteiger partial charge in [0, 0.05) is 22.9 Å². The summed E-state index contributed by atoms with van der Waals surface area (Å²) in [6, 6.07) is 10.2. The summed E-state index contributed by atoms with van der Waals surface area (Å²) < 4.78 is 0. The van der Waals surface area contributed by atoms with Crippen LogP contribution in [-0.4, -0.2) is 16.9 Å². The Kier molecular flexibility index (Phi) is 4.55. The van der Waals surface area contributed by atoms with Crippen molar-refractivity contribution in [3.05, 3.63) is 40.7 Å². The van der Waals surface area contributed by atoms with Crippen molar-refractivity contribution in [1.82, 2.24) is 10.3 Å². The van der Waals surface area contributed by atoms with Gasteiger partial charge in [0.15, 0.2) is 0 Å². The lowest BCUT2D eigenvalue weighted by atomic mass is 10.1. The number of rotatable bonds is 4. The van der Waals surface area contributed by atoms with Crippen LogP contribution in [0.5, 0.6) is 0 Å². The van der Waals surface area contributed by atoms with Gasteiger partial charge in [0.25, 0.3) is 0 Å². The number of thiazole rings is 1. The summed E-state index contributed by atoms with van der Waals surface area (Å²) in [4.78, 5) is 16.9. The topological polar surface area (TPSA) is 68.0 Å². The van der Waals surface area contributed by atoms with E-state index in [0.717, 1.165) is 35.5 Å². The zero-order valence-corrected chi connectivity index (χ0v) is 13.5. The summed E-state index contributed by atoms with van der Waals surface area (Å²) in [5.41, 5.74) is 7.95. The fourth-order valence-corrected chi connectivity index (χ4v) is 3.71. The van der Waals surface area contributed by atoms with Gasteiger partial charge < -0.3 is 11.1 Å². The van der Waals surface area contributed by atoms with Gasteiger partial charge in [-0.3, -0.25) is 4.79 Å². The molecule has 1 aliphatic carbocycles. The van der Waals surface area contributed by atoms with Crippen molar-refractivity contribution in [2.24, 2.45) is 11.7 Å². The number of carbonyl (C=O) groups excluding carboxylic acids is 1. The lowest BCUT2D eigenvalue weighted by molar-refractivity contribution is -0.125. The minimum absolute atomic E-state index is 0.0611. The number of nitrogens with zero attached hydrogens (tertiary/aromatic N) is 1. The first-order valence-electron chi connectivity index (χ1n) is 7.70. The van der Waals surface area contributed by atoms with Crippen LogP contribution in [0.25, 0.3) is 11.3 Å². The van der Waals surface area contributed by atoms with Crippen LogP contribution in [0.4, 0.5) is 0 Å². The fourth-order valence-electron chi connectivity index (χ4n) is 2.88. The Morgan fingerprint density at radius 1 is 1.36 bits per heavy atom. The molecule has 0 radical (unpaired) electrons. The SMILES string of the molecule is CC(NC(=O)C1CCC(N)C1)c1nc(-c2ccccc2)cs1. The molecule has 0 spiro atoms. The molecule has 3 N–H and O–H groups in total. The molecular weight excluding hydrogens is 294 g/mol. The predicted octanol–water partition coefficient (Wildman–Crippen LogP) is 3.11. The van der Waals surface area contributed by atoms with E-state index in [-0.39, 0.29) is 23.9 Å². The van der Waals surface area contributed by atoms with Crippen LogP contribution in [0.2, 0.25) is 0 Å². The largest absolute Gasteiger partial charge is 0.347 e. The van der Waals surface area contributed by atoms with Crippen molar-refractivity contribution in [3.63, 3.8) is 0 Å². The van der Waals surface area contributed by atoms with E-state index in [4.69, 9.17) is 5.73 Å². The second kappa shape index (κ2) is 6.58. The van der Waals surface area contributed by atoms with Gasteiger partial charge in [0.2, 0.25) is 5.91 Å². The molecule has 3 atom stereocenters. The van der Waals surface area contributed by atoms with E-state index in [9.17, 15) is 4.79 Å². The van der Waals surface area contributed by atoms with E-state index in [0.29, 0.717) is 0 Å². The summed E-state index contributed by atoms with van der Waals surface area (Å²) in [6.45, 7) is 1.99. The molecule has 3 rings (SSSR count). The first-order valence-corrected chi connectivity index (χ1v) is 8.58. The molecule has 0 aliphatic heterocycles.